The number of amides is 3. The van der Waals surface area contributed by atoms with Crippen molar-refractivity contribution in [2.24, 2.45) is 0 Å². The first-order chi connectivity index (χ1) is 11.5. The summed E-state index contributed by atoms with van der Waals surface area (Å²) in [4.78, 5) is 40.8. The molecule has 0 aliphatic carbocycles. The number of carbonyl (C=O) groups excluding carboxylic acids is 3. The summed E-state index contributed by atoms with van der Waals surface area (Å²) >= 11 is 0. The number of hydrogen-bond donors (Lipinski definition) is 1. The van der Waals surface area contributed by atoms with Gasteiger partial charge in [-0.15, -0.1) is 0 Å². The van der Waals surface area contributed by atoms with E-state index in [4.69, 9.17) is 0 Å². The molecule has 2 atom stereocenters. The van der Waals surface area contributed by atoms with Gasteiger partial charge in [-0.05, 0) is 25.5 Å². The molecule has 0 spiro atoms. The van der Waals surface area contributed by atoms with E-state index < -0.39 is 12.1 Å². The smallest absolute Gasteiger partial charge is 0.253 e. The van der Waals surface area contributed by atoms with Crippen LogP contribution in [0.2, 0.25) is 0 Å². The number of rotatable bonds is 3. The summed E-state index contributed by atoms with van der Waals surface area (Å²) in [6.45, 7) is 5.08. The van der Waals surface area contributed by atoms with Crippen LogP contribution in [0, 0.1) is 6.92 Å². The fraction of sp³-hybridized carbons (Fsp3) is 0.500. The second-order valence-corrected chi connectivity index (χ2v) is 6.51. The SMILES string of the molecule is CCC[C@@H]1NC(=O)[C@H]2CN(C(=O)c3ccc(C)cc3)CCN2C1=O. The molecule has 6 heteroatoms. The predicted octanol–water partition coefficient (Wildman–Crippen LogP) is 0.947. The fourth-order valence-corrected chi connectivity index (χ4v) is 3.35. The normalized spacial score (nSPS) is 23.8. The van der Waals surface area contributed by atoms with Crippen LogP contribution in [0.15, 0.2) is 24.3 Å². The maximum absolute atomic E-state index is 12.6. The number of piperazine rings is 2. The van der Waals surface area contributed by atoms with E-state index in [9.17, 15) is 14.4 Å². The largest absolute Gasteiger partial charge is 0.342 e. The highest BCUT2D eigenvalue weighted by Gasteiger charge is 2.43. The molecule has 0 bridgehead atoms. The van der Waals surface area contributed by atoms with Crippen LogP contribution < -0.4 is 5.32 Å². The quantitative estimate of drug-likeness (QED) is 0.897. The second kappa shape index (κ2) is 6.63. The minimum absolute atomic E-state index is 0.0242. The zero-order chi connectivity index (χ0) is 17.3. The van der Waals surface area contributed by atoms with Crippen molar-refractivity contribution in [2.45, 2.75) is 38.8 Å². The number of benzene rings is 1. The summed E-state index contributed by atoms with van der Waals surface area (Å²) in [5.74, 6) is -0.274. The van der Waals surface area contributed by atoms with Crippen molar-refractivity contribution in [1.29, 1.82) is 0 Å². The minimum atomic E-state index is -0.575. The van der Waals surface area contributed by atoms with Crippen LogP contribution in [-0.2, 0) is 9.59 Å². The fourth-order valence-electron chi connectivity index (χ4n) is 3.35. The monoisotopic (exact) mass is 329 g/mol. The second-order valence-electron chi connectivity index (χ2n) is 6.51. The molecule has 0 saturated carbocycles. The third kappa shape index (κ3) is 3.00. The lowest BCUT2D eigenvalue weighted by molar-refractivity contribution is -0.152. The van der Waals surface area contributed by atoms with E-state index in [-0.39, 0.29) is 24.3 Å². The van der Waals surface area contributed by atoms with Crippen LogP contribution in [0.5, 0.6) is 0 Å². The van der Waals surface area contributed by atoms with E-state index in [1.807, 2.05) is 26.0 Å². The van der Waals surface area contributed by atoms with Crippen molar-refractivity contribution in [3.05, 3.63) is 35.4 Å². The topological polar surface area (TPSA) is 69.7 Å². The summed E-state index contributed by atoms with van der Waals surface area (Å²) in [5.41, 5.74) is 1.70. The molecule has 2 aliphatic rings. The Morgan fingerprint density at radius 2 is 1.92 bits per heavy atom. The van der Waals surface area contributed by atoms with E-state index in [2.05, 4.69) is 5.32 Å². The van der Waals surface area contributed by atoms with Gasteiger partial charge >= 0.3 is 0 Å². The molecule has 3 amide bonds. The third-order valence-corrected chi connectivity index (χ3v) is 4.74. The Hall–Kier alpha value is -2.37. The number of fused-ring (bicyclic) bond motifs is 1. The zero-order valence-electron chi connectivity index (χ0n) is 14.1. The highest BCUT2D eigenvalue weighted by atomic mass is 16.2. The Morgan fingerprint density at radius 3 is 2.58 bits per heavy atom. The van der Waals surface area contributed by atoms with Gasteiger partial charge < -0.3 is 15.1 Å². The van der Waals surface area contributed by atoms with Crippen molar-refractivity contribution in [1.82, 2.24) is 15.1 Å². The van der Waals surface area contributed by atoms with Crippen LogP contribution >= 0.6 is 0 Å². The molecule has 2 fully saturated rings. The van der Waals surface area contributed by atoms with Gasteiger partial charge in [0, 0.05) is 18.7 Å². The van der Waals surface area contributed by atoms with Gasteiger partial charge in [-0.25, -0.2) is 0 Å². The van der Waals surface area contributed by atoms with Crippen LogP contribution in [0.4, 0.5) is 0 Å². The number of nitrogens with zero attached hydrogens (tertiary/aromatic N) is 2. The molecule has 2 heterocycles. The Bertz CT molecular complexity index is 656. The van der Waals surface area contributed by atoms with Crippen molar-refractivity contribution >= 4 is 17.7 Å². The summed E-state index contributed by atoms with van der Waals surface area (Å²) in [5, 5.41) is 2.80. The molecule has 0 radical (unpaired) electrons. The van der Waals surface area contributed by atoms with Crippen LogP contribution in [0.25, 0.3) is 0 Å². The summed E-state index contributed by atoms with van der Waals surface area (Å²) in [7, 11) is 0. The van der Waals surface area contributed by atoms with Gasteiger partial charge in [-0.1, -0.05) is 31.0 Å². The van der Waals surface area contributed by atoms with E-state index in [1.54, 1.807) is 21.9 Å². The lowest BCUT2D eigenvalue weighted by Crippen LogP contribution is -2.69. The first kappa shape index (κ1) is 16.5. The Labute approximate surface area is 141 Å². The summed E-state index contributed by atoms with van der Waals surface area (Å²) < 4.78 is 0. The highest BCUT2D eigenvalue weighted by Crippen LogP contribution is 2.19. The lowest BCUT2D eigenvalue weighted by atomic mass is 10.0. The Kier molecular flexibility index (Phi) is 4.55. The van der Waals surface area contributed by atoms with E-state index in [0.29, 0.717) is 25.1 Å². The molecule has 128 valence electrons. The molecule has 2 saturated heterocycles. The van der Waals surface area contributed by atoms with Crippen molar-refractivity contribution in [2.75, 3.05) is 19.6 Å². The van der Waals surface area contributed by atoms with E-state index >= 15 is 0 Å². The van der Waals surface area contributed by atoms with E-state index in [0.717, 1.165) is 12.0 Å². The number of carbonyl (C=O) groups is 3. The average Bonchev–Trinajstić information content (AvgIpc) is 2.59. The molecule has 3 rings (SSSR count). The zero-order valence-corrected chi connectivity index (χ0v) is 14.1. The maximum Gasteiger partial charge on any atom is 0.253 e. The standard InChI is InChI=1S/C18H23N3O3/c1-3-4-14-18(24)21-10-9-20(11-15(21)16(22)19-14)17(23)13-7-5-12(2)6-8-13/h5-8,14-15H,3-4,9-11H2,1-2H3,(H,19,22)/t14-,15+/m0/s1. The minimum Gasteiger partial charge on any atom is -0.342 e. The molecule has 1 N–H and O–H groups in total. The number of aryl methyl sites for hydroxylation is 1. The molecule has 1 aromatic carbocycles. The molecule has 2 aliphatic heterocycles. The Morgan fingerprint density at radius 1 is 1.21 bits per heavy atom. The van der Waals surface area contributed by atoms with Gasteiger partial charge in [-0.2, -0.15) is 0 Å². The number of hydrogen-bond acceptors (Lipinski definition) is 3. The first-order valence-corrected chi connectivity index (χ1v) is 8.48. The van der Waals surface area contributed by atoms with Gasteiger partial charge in [-0.3, -0.25) is 14.4 Å². The molecule has 0 unspecified atom stereocenters. The molecule has 0 aromatic heterocycles. The van der Waals surface area contributed by atoms with Gasteiger partial charge in [0.25, 0.3) is 5.91 Å². The molecular weight excluding hydrogens is 306 g/mol. The van der Waals surface area contributed by atoms with Crippen molar-refractivity contribution in [3.8, 4) is 0 Å². The summed E-state index contributed by atoms with van der Waals surface area (Å²) in [6, 6.07) is 6.40. The van der Waals surface area contributed by atoms with Crippen LogP contribution in [-0.4, -0.2) is 59.2 Å². The van der Waals surface area contributed by atoms with Crippen molar-refractivity contribution < 1.29 is 14.4 Å². The maximum atomic E-state index is 12.6. The number of nitrogens with one attached hydrogen (secondary N) is 1. The average molecular weight is 329 g/mol. The molecule has 6 nitrogen and oxygen atoms in total. The van der Waals surface area contributed by atoms with Gasteiger partial charge in [0.05, 0.1) is 6.54 Å². The molecular formula is C18H23N3O3. The Balaban J connectivity index is 1.72. The lowest BCUT2D eigenvalue weighted by Gasteiger charge is -2.45. The van der Waals surface area contributed by atoms with Gasteiger partial charge in [0.2, 0.25) is 11.8 Å². The molecule has 24 heavy (non-hydrogen) atoms. The van der Waals surface area contributed by atoms with Gasteiger partial charge in [0.15, 0.2) is 0 Å². The summed E-state index contributed by atoms with van der Waals surface area (Å²) in [6.07, 6.45) is 1.49. The van der Waals surface area contributed by atoms with E-state index in [1.165, 1.54) is 0 Å². The van der Waals surface area contributed by atoms with Crippen molar-refractivity contribution in [3.63, 3.8) is 0 Å². The van der Waals surface area contributed by atoms with Crippen LogP contribution in [0.1, 0.15) is 35.7 Å². The van der Waals surface area contributed by atoms with Crippen LogP contribution in [0.3, 0.4) is 0 Å². The first-order valence-electron chi connectivity index (χ1n) is 8.48. The molecule has 1 aromatic rings. The highest BCUT2D eigenvalue weighted by molar-refractivity contribution is 5.99. The van der Waals surface area contributed by atoms with Gasteiger partial charge in [0.1, 0.15) is 12.1 Å². The predicted molar refractivity (Wildman–Crippen MR) is 89.4 cm³/mol. The third-order valence-electron chi connectivity index (χ3n) is 4.74.